The van der Waals surface area contributed by atoms with Gasteiger partial charge >= 0.3 is 0 Å². The highest BCUT2D eigenvalue weighted by Crippen LogP contribution is 2.21. The molecular formula is C16H19N3O2. The summed E-state index contributed by atoms with van der Waals surface area (Å²) in [5.74, 6) is 0. The second kappa shape index (κ2) is 6.76. The minimum atomic E-state index is -0.468. The van der Waals surface area contributed by atoms with E-state index in [2.05, 4.69) is 14.9 Å². The van der Waals surface area contributed by atoms with Crippen LogP contribution in [0.1, 0.15) is 11.7 Å². The Kier molecular flexibility index (Phi) is 4.55. The van der Waals surface area contributed by atoms with Gasteiger partial charge in [0.25, 0.3) is 0 Å². The number of rotatable bonds is 4. The topological polar surface area (TPSA) is 58.5 Å². The van der Waals surface area contributed by atoms with Gasteiger partial charge in [-0.05, 0) is 11.1 Å². The fourth-order valence-corrected chi connectivity index (χ4v) is 2.48. The van der Waals surface area contributed by atoms with Crippen molar-refractivity contribution in [3.05, 3.63) is 48.5 Å². The molecule has 110 valence electrons. The highest BCUT2D eigenvalue weighted by Gasteiger charge is 2.16. The van der Waals surface area contributed by atoms with Crippen molar-refractivity contribution in [2.24, 2.45) is 0 Å². The van der Waals surface area contributed by atoms with E-state index in [-0.39, 0.29) is 0 Å². The third kappa shape index (κ3) is 3.64. The smallest absolute Gasteiger partial charge is 0.115 e. The van der Waals surface area contributed by atoms with Crippen LogP contribution in [-0.2, 0) is 4.74 Å². The van der Waals surface area contributed by atoms with Gasteiger partial charge in [-0.25, -0.2) is 9.97 Å². The zero-order valence-corrected chi connectivity index (χ0v) is 11.9. The SMILES string of the molecule is OC(CN1CCOCC1)c1ccc(-c2cncnc2)cc1. The van der Waals surface area contributed by atoms with Gasteiger partial charge in [0.1, 0.15) is 6.33 Å². The number of aliphatic hydroxyl groups excluding tert-OH is 1. The summed E-state index contributed by atoms with van der Waals surface area (Å²) in [6, 6.07) is 7.92. The van der Waals surface area contributed by atoms with Crippen molar-refractivity contribution in [3.8, 4) is 11.1 Å². The molecule has 2 aromatic rings. The Labute approximate surface area is 124 Å². The lowest BCUT2D eigenvalue weighted by Crippen LogP contribution is -2.38. The van der Waals surface area contributed by atoms with E-state index in [0.717, 1.165) is 43.0 Å². The molecule has 21 heavy (non-hydrogen) atoms. The van der Waals surface area contributed by atoms with E-state index < -0.39 is 6.10 Å². The van der Waals surface area contributed by atoms with E-state index in [9.17, 15) is 5.11 Å². The molecule has 0 spiro atoms. The van der Waals surface area contributed by atoms with Crippen molar-refractivity contribution in [2.75, 3.05) is 32.8 Å². The predicted octanol–water partition coefficient (Wildman–Crippen LogP) is 1.51. The number of ether oxygens (including phenoxy) is 1. The standard InChI is InChI=1S/C16H19N3O2/c20-16(11-19-5-7-21-8-6-19)14-3-1-13(2-4-14)15-9-17-12-18-10-15/h1-4,9-10,12,16,20H,5-8,11H2. The van der Waals surface area contributed by atoms with Gasteiger partial charge in [0, 0.05) is 37.6 Å². The maximum atomic E-state index is 10.3. The minimum Gasteiger partial charge on any atom is -0.387 e. The third-order valence-corrected chi connectivity index (χ3v) is 3.72. The van der Waals surface area contributed by atoms with E-state index in [4.69, 9.17) is 4.74 Å². The molecule has 1 fully saturated rings. The van der Waals surface area contributed by atoms with Crippen molar-refractivity contribution in [2.45, 2.75) is 6.10 Å². The molecule has 0 amide bonds. The summed E-state index contributed by atoms with van der Waals surface area (Å²) < 4.78 is 5.32. The number of aromatic nitrogens is 2. The maximum Gasteiger partial charge on any atom is 0.115 e. The Morgan fingerprint density at radius 1 is 1.05 bits per heavy atom. The van der Waals surface area contributed by atoms with E-state index in [1.165, 1.54) is 6.33 Å². The van der Waals surface area contributed by atoms with Crippen LogP contribution < -0.4 is 0 Å². The normalized spacial score (nSPS) is 17.6. The Hall–Kier alpha value is -1.82. The predicted molar refractivity (Wildman–Crippen MR) is 79.7 cm³/mol. The Bertz CT molecular complexity index is 553. The number of morpholine rings is 1. The average molecular weight is 285 g/mol. The third-order valence-electron chi connectivity index (χ3n) is 3.72. The molecule has 0 aliphatic carbocycles. The van der Waals surface area contributed by atoms with Crippen molar-refractivity contribution in [1.82, 2.24) is 14.9 Å². The molecular weight excluding hydrogens is 266 g/mol. The minimum absolute atomic E-state index is 0.468. The van der Waals surface area contributed by atoms with Crippen LogP contribution in [0.5, 0.6) is 0 Å². The second-order valence-electron chi connectivity index (χ2n) is 5.18. The lowest BCUT2D eigenvalue weighted by atomic mass is 10.0. The molecule has 0 bridgehead atoms. The quantitative estimate of drug-likeness (QED) is 0.922. The molecule has 1 unspecified atom stereocenters. The Morgan fingerprint density at radius 3 is 2.38 bits per heavy atom. The first kappa shape index (κ1) is 14.1. The largest absolute Gasteiger partial charge is 0.387 e. The number of nitrogens with zero attached hydrogens (tertiary/aromatic N) is 3. The molecule has 1 saturated heterocycles. The van der Waals surface area contributed by atoms with Gasteiger partial charge in [-0.3, -0.25) is 4.90 Å². The Balaban J connectivity index is 1.66. The molecule has 1 aromatic heterocycles. The van der Waals surface area contributed by atoms with E-state index >= 15 is 0 Å². The summed E-state index contributed by atoms with van der Waals surface area (Å²) in [5.41, 5.74) is 2.96. The van der Waals surface area contributed by atoms with Crippen LogP contribution in [0, 0.1) is 0 Å². The Morgan fingerprint density at radius 2 is 1.71 bits per heavy atom. The van der Waals surface area contributed by atoms with Crippen molar-refractivity contribution >= 4 is 0 Å². The van der Waals surface area contributed by atoms with Crippen molar-refractivity contribution in [3.63, 3.8) is 0 Å². The van der Waals surface area contributed by atoms with Gasteiger partial charge < -0.3 is 9.84 Å². The van der Waals surface area contributed by atoms with Gasteiger partial charge in [-0.2, -0.15) is 0 Å². The molecule has 2 heterocycles. The van der Waals surface area contributed by atoms with Crippen LogP contribution in [0.15, 0.2) is 43.0 Å². The number of hydrogen-bond donors (Lipinski definition) is 1. The molecule has 1 N–H and O–H groups in total. The highest BCUT2D eigenvalue weighted by molar-refractivity contribution is 5.61. The van der Waals surface area contributed by atoms with Gasteiger partial charge in [-0.1, -0.05) is 24.3 Å². The van der Waals surface area contributed by atoms with Crippen LogP contribution in [0.3, 0.4) is 0 Å². The second-order valence-corrected chi connectivity index (χ2v) is 5.18. The maximum absolute atomic E-state index is 10.3. The monoisotopic (exact) mass is 285 g/mol. The number of hydrogen-bond acceptors (Lipinski definition) is 5. The fourth-order valence-electron chi connectivity index (χ4n) is 2.48. The summed E-state index contributed by atoms with van der Waals surface area (Å²) in [5, 5.41) is 10.3. The fraction of sp³-hybridized carbons (Fsp3) is 0.375. The molecule has 0 saturated carbocycles. The lowest BCUT2D eigenvalue weighted by Gasteiger charge is -2.28. The average Bonchev–Trinajstić information content (AvgIpc) is 2.57. The van der Waals surface area contributed by atoms with Crippen LogP contribution >= 0.6 is 0 Å². The van der Waals surface area contributed by atoms with Gasteiger partial charge in [0.2, 0.25) is 0 Å². The van der Waals surface area contributed by atoms with Crippen LogP contribution in [0.2, 0.25) is 0 Å². The van der Waals surface area contributed by atoms with Crippen molar-refractivity contribution < 1.29 is 9.84 Å². The van der Waals surface area contributed by atoms with Gasteiger partial charge in [-0.15, -0.1) is 0 Å². The van der Waals surface area contributed by atoms with Crippen LogP contribution in [0.4, 0.5) is 0 Å². The number of aliphatic hydroxyl groups is 1. The zero-order chi connectivity index (χ0) is 14.5. The highest BCUT2D eigenvalue weighted by atomic mass is 16.5. The summed E-state index contributed by atoms with van der Waals surface area (Å²) in [6.45, 7) is 3.92. The van der Waals surface area contributed by atoms with E-state index in [1.807, 2.05) is 24.3 Å². The molecule has 0 radical (unpaired) electrons. The van der Waals surface area contributed by atoms with E-state index in [0.29, 0.717) is 6.54 Å². The van der Waals surface area contributed by atoms with Crippen LogP contribution in [0.25, 0.3) is 11.1 Å². The molecule has 3 rings (SSSR count). The number of β-amino-alcohol motifs (C(OH)–C–C–N with tert-alkyl or cyclic N) is 1. The molecule has 5 heteroatoms. The summed E-state index contributed by atoms with van der Waals surface area (Å²) in [4.78, 5) is 10.3. The van der Waals surface area contributed by atoms with Gasteiger partial charge in [0.15, 0.2) is 0 Å². The molecule has 1 aliphatic rings. The first-order valence-electron chi connectivity index (χ1n) is 7.16. The summed E-state index contributed by atoms with van der Waals surface area (Å²) in [6.07, 6.45) is 4.62. The molecule has 5 nitrogen and oxygen atoms in total. The zero-order valence-electron chi connectivity index (χ0n) is 11.9. The first-order valence-corrected chi connectivity index (χ1v) is 7.16. The van der Waals surface area contributed by atoms with Crippen molar-refractivity contribution in [1.29, 1.82) is 0 Å². The molecule has 1 aromatic carbocycles. The number of benzene rings is 1. The first-order chi connectivity index (χ1) is 10.3. The molecule has 1 aliphatic heterocycles. The van der Waals surface area contributed by atoms with Crippen LogP contribution in [-0.4, -0.2) is 52.8 Å². The lowest BCUT2D eigenvalue weighted by molar-refractivity contribution is 0.0143. The van der Waals surface area contributed by atoms with Gasteiger partial charge in [0.05, 0.1) is 19.3 Å². The summed E-state index contributed by atoms with van der Waals surface area (Å²) >= 11 is 0. The summed E-state index contributed by atoms with van der Waals surface area (Å²) in [7, 11) is 0. The van der Waals surface area contributed by atoms with E-state index in [1.54, 1.807) is 12.4 Å². The molecule has 1 atom stereocenters.